The molecule has 42 heavy (non-hydrogen) atoms. The van der Waals surface area contributed by atoms with E-state index in [0.717, 1.165) is 29.1 Å². The second-order valence-corrected chi connectivity index (χ2v) is 9.74. The Hall–Kier alpha value is -5.13. The number of hydrogen-bond acceptors (Lipinski definition) is 7. The molecule has 0 fully saturated rings. The number of benzene rings is 3. The van der Waals surface area contributed by atoms with Crippen LogP contribution in [-0.4, -0.2) is 42.9 Å². The van der Waals surface area contributed by atoms with Crippen molar-refractivity contribution in [2.24, 2.45) is 0 Å². The molecule has 4 rings (SSSR count). The fourth-order valence-corrected chi connectivity index (χ4v) is 4.16. The first-order valence-corrected chi connectivity index (χ1v) is 12.9. The number of aromatic nitrogens is 2. The van der Waals surface area contributed by atoms with E-state index in [2.05, 4.69) is 31.2 Å². The van der Waals surface area contributed by atoms with Gasteiger partial charge in [0, 0.05) is 55.7 Å². The molecular formula is C30H30F3N7O2. The van der Waals surface area contributed by atoms with Gasteiger partial charge in [-0.3, -0.25) is 9.59 Å². The molecule has 4 aromatic rings. The van der Waals surface area contributed by atoms with Gasteiger partial charge in [0.1, 0.15) is 11.4 Å². The van der Waals surface area contributed by atoms with Gasteiger partial charge in [0.2, 0.25) is 5.95 Å². The summed E-state index contributed by atoms with van der Waals surface area (Å²) in [6.07, 6.45) is -3.18. The maximum atomic E-state index is 13.2. The quantitative estimate of drug-likeness (QED) is 0.190. The maximum absolute atomic E-state index is 13.2. The Morgan fingerprint density at radius 1 is 0.857 bits per heavy atom. The van der Waals surface area contributed by atoms with Gasteiger partial charge in [-0.15, -0.1) is 0 Å². The van der Waals surface area contributed by atoms with Crippen LogP contribution in [0.15, 0.2) is 66.9 Å². The number of rotatable bonds is 8. The van der Waals surface area contributed by atoms with Crippen LogP contribution in [0.5, 0.6) is 0 Å². The Bertz CT molecular complexity index is 1640. The van der Waals surface area contributed by atoms with Gasteiger partial charge in [0.15, 0.2) is 0 Å². The van der Waals surface area contributed by atoms with Crippen LogP contribution in [0.1, 0.15) is 37.4 Å². The molecule has 0 saturated heterocycles. The molecule has 0 spiro atoms. The number of nitrogens with one attached hydrogen (secondary N) is 4. The zero-order chi connectivity index (χ0) is 30.6. The Morgan fingerprint density at radius 2 is 1.57 bits per heavy atom. The Morgan fingerprint density at radius 3 is 2.26 bits per heavy atom. The van der Waals surface area contributed by atoms with Crippen LogP contribution in [0, 0.1) is 13.8 Å². The first kappa shape index (κ1) is 29.8. The highest BCUT2D eigenvalue weighted by Crippen LogP contribution is 2.30. The van der Waals surface area contributed by atoms with E-state index in [1.165, 1.54) is 24.4 Å². The molecule has 2 amide bonds. The molecule has 0 unspecified atom stereocenters. The molecule has 0 aliphatic carbocycles. The minimum absolute atomic E-state index is 0.149. The largest absolute Gasteiger partial charge is 0.416 e. The van der Waals surface area contributed by atoms with Crippen LogP contribution in [0.2, 0.25) is 0 Å². The first-order valence-electron chi connectivity index (χ1n) is 12.9. The average Bonchev–Trinajstić information content (AvgIpc) is 2.95. The molecule has 12 heteroatoms. The number of nitrogens with zero attached hydrogens (tertiary/aromatic N) is 3. The molecule has 0 atom stereocenters. The van der Waals surface area contributed by atoms with Crippen molar-refractivity contribution < 1.29 is 22.8 Å². The lowest BCUT2D eigenvalue weighted by atomic mass is 10.1. The molecule has 0 aliphatic rings. The van der Waals surface area contributed by atoms with Crippen LogP contribution >= 0.6 is 0 Å². The Kier molecular flexibility index (Phi) is 8.65. The first-order chi connectivity index (χ1) is 19.8. The van der Waals surface area contributed by atoms with Gasteiger partial charge in [-0.05, 0) is 67.4 Å². The summed E-state index contributed by atoms with van der Waals surface area (Å²) in [7, 11) is 5.54. The fourth-order valence-electron chi connectivity index (χ4n) is 4.16. The summed E-state index contributed by atoms with van der Waals surface area (Å²) in [6.45, 7) is 3.78. The normalized spacial score (nSPS) is 11.0. The summed E-state index contributed by atoms with van der Waals surface area (Å²) in [5.74, 6) is -0.639. The maximum Gasteiger partial charge on any atom is 0.416 e. The predicted octanol–water partition coefficient (Wildman–Crippen LogP) is 6.47. The van der Waals surface area contributed by atoms with Crippen LogP contribution in [0.3, 0.4) is 0 Å². The smallest absolute Gasteiger partial charge is 0.377 e. The van der Waals surface area contributed by atoms with Crippen LogP contribution < -0.4 is 26.2 Å². The molecule has 1 aromatic heterocycles. The summed E-state index contributed by atoms with van der Waals surface area (Å²) >= 11 is 0. The highest BCUT2D eigenvalue weighted by molar-refractivity contribution is 6.08. The van der Waals surface area contributed by atoms with E-state index >= 15 is 0 Å². The van der Waals surface area contributed by atoms with Crippen molar-refractivity contribution in [3.63, 3.8) is 0 Å². The second-order valence-electron chi connectivity index (χ2n) is 9.74. The van der Waals surface area contributed by atoms with Crippen LogP contribution in [0.4, 0.5) is 47.7 Å². The van der Waals surface area contributed by atoms with E-state index in [1.807, 2.05) is 44.1 Å². The van der Waals surface area contributed by atoms with E-state index < -0.39 is 23.6 Å². The number of carbonyl (C=O) groups is 2. The SMILES string of the molecule is CNc1nc(Nc2ccc(C)c(N(C)C)c2)ncc1C(=O)Nc1cc(NC(=O)c2cccc(C(F)(F)F)c2)ccc1C. The molecule has 0 radical (unpaired) electrons. The second kappa shape index (κ2) is 12.2. The van der Waals surface area contributed by atoms with Gasteiger partial charge in [-0.1, -0.05) is 18.2 Å². The number of carbonyl (C=O) groups excluding carboxylic acids is 2. The molecule has 4 N–H and O–H groups in total. The van der Waals surface area contributed by atoms with Crippen molar-refractivity contribution in [3.05, 3.63) is 94.7 Å². The van der Waals surface area contributed by atoms with Gasteiger partial charge in [-0.2, -0.15) is 18.2 Å². The zero-order valence-corrected chi connectivity index (χ0v) is 23.6. The molecule has 1 heterocycles. The van der Waals surface area contributed by atoms with Crippen molar-refractivity contribution in [3.8, 4) is 0 Å². The summed E-state index contributed by atoms with van der Waals surface area (Å²) in [5.41, 5.74) is 3.41. The van der Waals surface area contributed by atoms with Crippen LogP contribution in [0.25, 0.3) is 0 Å². The number of amides is 2. The fraction of sp³-hybridized carbons (Fsp3) is 0.200. The lowest BCUT2D eigenvalue weighted by Crippen LogP contribution is -2.17. The van der Waals surface area contributed by atoms with Gasteiger partial charge >= 0.3 is 6.18 Å². The van der Waals surface area contributed by atoms with Gasteiger partial charge in [-0.25, -0.2) is 4.98 Å². The number of hydrogen-bond donors (Lipinski definition) is 4. The molecule has 0 saturated carbocycles. The van der Waals surface area contributed by atoms with Crippen molar-refractivity contribution in [1.29, 1.82) is 0 Å². The predicted molar refractivity (Wildman–Crippen MR) is 159 cm³/mol. The lowest BCUT2D eigenvalue weighted by molar-refractivity contribution is -0.137. The Labute approximate surface area is 241 Å². The van der Waals surface area contributed by atoms with Gasteiger partial charge in [0.25, 0.3) is 11.8 Å². The number of halogens is 3. The van der Waals surface area contributed by atoms with E-state index in [4.69, 9.17) is 0 Å². The van der Waals surface area contributed by atoms with Crippen molar-refractivity contribution >= 4 is 46.3 Å². The van der Waals surface area contributed by atoms with Crippen LogP contribution in [-0.2, 0) is 6.18 Å². The monoisotopic (exact) mass is 577 g/mol. The molecule has 0 bridgehead atoms. The highest BCUT2D eigenvalue weighted by Gasteiger charge is 2.31. The topological polar surface area (TPSA) is 111 Å². The lowest BCUT2D eigenvalue weighted by Gasteiger charge is -2.17. The molecule has 9 nitrogen and oxygen atoms in total. The van der Waals surface area contributed by atoms with Crippen molar-refractivity contribution in [2.45, 2.75) is 20.0 Å². The summed E-state index contributed by atoms with van der Waals surface area (Å²) in [4.78, 5) is 36.6. The highest BCUT2D eigenvalue weighted by atomic mass is 19.4. The molecule has 3 aromatic carbocycles. The minimum atomic E-state index is -4.57. The van der Waals surface area contributed by atoms with E-state index in [1.54, 1.807) is 26.1 Å². The zero-order valence-electron chi connectivity index (χ0n) is 23.6. The van der Waals surface area contributed by atoms with Gasteiger partial charge < -0.3 is 26.2 Å². The third-order valence-corrected chi connectivity index (χ3v) is 6.41. The average molecular weight is 578 g/mol. The number of aryl methyl sites for hydroxylation is 2. The van der Waals surface area contributed by atoms with E-state index in [-0.39, 0.29) is 22.6 Å². The summed E-state index contributed by atoms with van der Waals surface area (Å²) in [6, 6.07) is 14.8. The third-order valence-electron chi connectivity index (χ3n) is 6.41. The van der Waals surface area contributed by atoms with E-state index in [0.29, 0.717) is 17.2 Å². The third kappa shape index (κ3) is 6.95. The standard InChI is InChI=1S/C30H30F3N7O2/c1-17-9-11-21(36-27(41)19-7-6-8-20(13-19)30(31,32)33)14-24(17)38-28(42)23-16-35-29(39-26(23)34-3)37-22-12-10-18(2)25(15-22)40(4)5/h6-16H,1-5H3,(H,36,41)(H,38,42)(H2,34,35,37,39). The van der Waals surface area contributed by atoms with E-state index in [9.17, 15) is 22.8 Å². The Balaban J connectivity index is 1.50. The number of alkyl halides is 3. The minimum Gasteiger partial charge on any atom is -0.377 e. The van der Waals surface area contributed by atoms with Gasteiger partial charge in [0.05, 0.1) is 5.56 Å². The summed E-state index contributed by atoms with van der Waals surface area (Å²) in [5, 5.41) is 11.4. The molecule has 0 aliphatic heterocycles. The molecule has 218 valence electrons. The van der Waals surface area contributed by atoms with Crippen molar-refractivity contribution in [1.82, 2.24) is 9.97 Å². The van der Waals surface area contributed by atoms with Crippen molar-refractivity contribution in [2.75, 3.05) is 47.3 Å². The summed E-state index contributed by atoms with van der Waals surface area (Å²) < 4.78 is 39.2. The molecular weight excluding hydrogens is 547 g/mol. The number of anilines is 6.